The number of hydrogen-bond donors (Lipinski definition) is 3. The molecule has 0 atom stereocenters. The average molecular weight is 606 g/mol. The zero-order valence-corrected chi connectivity index (χ0v) is 22.3. The normalized spacial score (nSPS) is 14.6. The van der Waals surface area contributed by atoms with Crippen LogP contribution in [-0.4, -0.2) is 64.9 Å². The van der Waals surface area contributed by atoms with Crippen molar-refractivity contribution < 1.29 is 4.79 Å². The SMILES string of the molecule is Nc1nc(NCc2ccc(I)cc2)c(Cl)nc1C(=O)NCCN1CCN(Cc2ccccc2)CC1. The largest absolute Gasteiger partial charge is 0.382 e. The van der Waals surface area contributed by atoms with E-state index in [1.807, 2.05) is 30.3 Å². The minimum absolute atomic E-state index is 0.0440. The number of halogens is 2. The van der Waals surface area contributed by atoms with Crippen LogP contribution in [0.1, 0.15) is 21.6 Å². The number of carbonyl (C=O) groups excluding carboxylic acids is 1. The van der Waals surface area contributed by atoms with Gasteiger partial charge in [0.05, 0.1) is 0 Å². The first-order chi connectivity index (χ1) is 17.0. The summed E-state index contributed by atoms with van der Waals surface area (Å²) in [7, 11) is 0. The van der Waals surface area contributed by atoms with Crippen molar-refractivity contribution in [3.8, 4) is 0 Å². The number of piperazine rings is 1. The highest BCUT2D eigenvalue weighted by Crippen LogP contribution is 2.21. The molecule has 1 amide bonds. The Morgan fingerprint density at radius 2 is 1.66 bits per heavy atom. The second kappa shape index (κ2) is 12.5. The van der Waals surface area contributed by atoms with Crippen molar-refractivity contribution in [2.75, 3.05) is 50.3 Å². The topological polar surface area (TPSA) is 99.4 Å². The van der Waals surface area contributed by atoms with E-state index >= 15 is 0 Å². The fourth-order valence-corrected chi connectivity index (χ4v) is 4.47. The fraction of sp³-hybridized carbons (Fsp3) is 0.320. The number of carbonyl (C=O) groups is 1. The highest BCUT2D eigenvalue weighted by atomic mass is 127. The summed E-state index contributed by atoms with van der Waals surface area (Å²) in [6, 6.07) is 18.6. The Kier molecular flexibility index (Phi) is 9.13. The lowest BCUT2D eigenvalue weighted by molar-refractivity contribution is 0.0930. The Balaban J connectivity index is 1.21. The van der Waals surface area contributed by atoms with E-state index in [-0.39, 0.29) is 22.6 Å². The molecule has 0 spiro atoms. The molecule has 4 N–H and O–H groups in total. The predicted octanol–water partition coefficient (Wildman–Crippen LogP) is 3.48. The molecule has 0 saturated carbocycles. The minimum Gasteiger partial charge on any atom is -0.382 e. The third-order valence-corrected chi connectivity index (χ3v) is 6.88. The van der Waals surface area contributed by atoms with Gasteiger partial charge >= 0.3 is 0 Å². The van der Waals surface area contributed by atoms with Crippen LogP contribution < -0.4 is 16.4 Å². The Hall–Kier alpha value is -2.47. The van der Waals surface area contributed by atoms with Crippen molar-refractivity contribution in [1.82, 2.24) is 25.1 Å². The number of rotatable bonds is 9. The third kappa shape index (κ3) is 7.50. The molecule has 3 aromatic rings. The first-order valence-corrected chi connectivity index (χ1v) is 13.0. The maximum atomic E-state index is 12.6. The molecule has 1 fully saturated rings. The van der Waals surface area contributed by atoms with Crippen molar-refractivity contribution in [3.05, 3.63) is 80.1 Å². The summed E-state index contributed by atoms with van der Waals surface area (Å²) in [5.74, 6) is 0.0305. The molecule has 1 aliphatic rings. The quantitative estimate of drug-likeness (QED) is 0.321. The third-order valence-electron chi connectivity index (χ3n) is 5.90. The molecule has 2 aromatic carbocycles. The monoisotopic (exact) mass is 605 g/mol. The van der Waals surface area contributed by atoms with Crippen molar-refractivity contribution in [2.45, 2.75) is 13.1 Å². The molecule has 184 valence electrons. The molecule has 1 aliphatic heterocycles. The van der Waals surface area contributed by atoms with Crippen LogP contribution in [0.15, 0.2) is 54.6 Å². The number of nitrogens with one attached hydrogen (secondary N) is 2. The first-order valence-electron chi connectivity index (χ1n) is 11.6. The van der Waals surface area contributed by atoms with E-state index in [9.17, 15) is 4.79 Å². The fourth-order valence-electron chi connectivity index (χ4n) is 3.92. The number of hydrogen-bond acceptors (Lipinski definition) is 7. The molecule has 35 heavy (non-hydrogen) atoms. The van der Waals surface area contributed by atoms with Crippen LogP contribution in [0.3, 0.4) is 0 Å². The van der Waals surface area contributed by atoms with Gasteiger partial charge in [-0.15, -0.1) is 0 Å². The van der Waals surface area contributed by atoms with E-state index in [1.54, 1.807) is 0 Å². The Morgan fingerprint density at radius 1 is 0.971 bits per heavy atom. The number of amides is 1. The lowest BCUT2D eigenvalue weighted by atomic mass is 10.2. The Bertz CT molecular complexity index is 1120. The van der Waals surface area contributed by atoms with Crippen LogP contribution in [0.25, 0.3) is 0 Å². The highest BCUT2D eigenvalue weighted by Gasteiger charge is 2.19. The summed E-state index contributed by atoms with van der Waals surface area (Å²) in [5, 5.41) is 6.14. The maximum absolute atomic E-state index is 12.6. The molecule has 1 aromatic heterocycles. The first kappa shape index (κ1) is 25.6. The molecule has 0 unspecified atom stereocenters. The standard InChI is InChI=1S/C25H29ClIN7O/c26-22-24(30-16-18-6-8-20(27)9-7-18)32-23(28)21(31-22)25(35)29-10-11-33-12-14-34(15-13-33)17-19-4-2-1-3-5-19/h1-9H,10-17H2,(H,29,35)(H3,28,30,32). The minimum atomic E-state index is -0.371. The molecule has 10 heteroatoms. The smallest absolute Gasteiger partial charge is 0.273 e. The summed E-state index contributed by atoms with van der Waals surface area (Å²) in [6.07, 6.45) is 0. The van der Waals surface area contributed by atoms with Gasteiger partial charge in [0.2, 0.25) is 0 Å². The molecule has 8 nitrogen and oxygen atoms in total. The number of nitrogens with two attached hydrogens (primary N) is 1. The second-order valence-electron chi connectivity index (χ2n) is 8.44. The van der Waals surface area contributed by atoms with Crippen LogP contribution in [0, 0.1) is 3.57 Å². The number of nitrogens with zero attached hydrogens (tertiary/aromatic N) is 4. The van der Waals surface area contributed by atoms with Gasteiger partial charge in [-0.3, -0.25) is 14.6 Å². The van der Waals surface area contributed by atoms with Gasteiger partial charge < -0.3 is 16.4 Å². The van der Waals surface area contributed by atoms with Crippen LogP contribution in [0.2, 0.25) is 5.15 Å². The van der Waals surface area contributed by atoms with Crippen molar-refractivity contribution in [2.24, 2.45) is 0 Å². The van der Waals surface area contributed by atoms with E-state index in [4.69, 9.17) is 17.3 Å². The van der Waals surface area contributed by atoms with Crippen LogP contribution in [0.5, 0.6) is 0 Å². The average Bonchev–Trinajstić information content (AvgIpc) is 2.87. The van der Waals surface area contributed by atoms with Crippen LogP contribution >= 0.6 is 34.2 Å². The summed E-state index contributed by atoms with van der Waals surface area (Å²) >= 11 is 8.54. The van der Waals surface area contributed by atoms with Gasteiger partial charge in [0, 0.05) is 55.9 Å². The molecule has 0 bridgehead atoms. The lowest BCUT2D eigenvalue weighted by Gasteiger charge is -2.34. The zero-order chi connectivity index (χ0) is 24.6. The highest BCUT2D eigenvalue weighted by molar-refractivity contribution is 14.1. The second-order valence-corrected chi connectivity index (χ2v) is 10.0. The predicted molar refractivity (Wildman–Crippen MR) is 148 cm³/mol. The summed E-state index contributed by atoms with van der Waals surface area (Å²) in [6.45, 7) is 6.72. The van der Waals surface area contributed by atoms with E-state index in [0.29, 0.717) is 18.9 Å². The number of benzene rings is 2. The van der Waals surface area contributed by atoms with E-state index in [2.05, 4.69) is 77.3 Å². The molecule has 2 heterocycles. The van der Waals surface area contributed by atoms with Crippen molar-refractivity contribution >= 4 is 51.7 Å². The van der Waals surface area contributed by atoms with Crippen LogP contribution in [0.4, 0.5) is 11.6 Å². The molecule has 0 radical (unpaired) electrons. The molecular formula is C25H29ClIN7O. The lowest BCUT2D eigenvalue weighted by Crippen LogP contribution is -2.48. The van der Waals surface area contributed by atoms with Gasteiger partial charge in [-0.2, -0.15) is 0 Å². The van der Waals surface area contributed by atoms with Crippen molar-refractivity contribution in [3.63, 3.8) is 0 Å². The van der Waals surface area contributed by atoms with E-state index in [0.717, 1.165) is 48.4 Å². The Labute approximate surface area is 224 Å². The van der Waals surface area contributed by atoms with E-state index in [1.165, 1.54) is 5.56 Å². The number of nitrogen functional groups attached to an aromatic ring is 1. The summed E-state index contributed by atoms with van der Waals surface area (Å²) < 4.78 is 1.16. The van der Waals surface area contributed by atoms with E-state index < -0.39 is 0 Å². The number of aromatic nitrogens is 2. The maximum Gasteiger partial charge on any atom is 0.273 e. The zero-order valence-electron chi connectivity index (χ0n) is 19.4. The van der Waals surface area contributed by atoms with Gasteiger partial charge in [0.25, 0.3) is 5.91 Å². The molecule has 1 saturated heterocycles. The molecular weight excluding hydrogens is 577 g/mol. The van der Waals surface area contributed by atoms with Gasteiger partial charge in [-0.1, -0.05) is 54.1 Å². The molecule has 4 rings (SSSR count). The number of anilines is 2. The van der Waals surface area contributed by atoms with Gasteiger partial charge in [0.1, 0.15) is 0 Å². The van der Waals surface area contributed by atoms with Gasteiger partial charge in [0.15, 0.2) is 22.5 Å². The van der Waals surface area contributed by atoms with Crippen LogP contribution in [-0.2, 0) is 13.1 Å². The Morgan fingerprint density at radius 3 is 2.37 bits per heavy atom. The summed E-state index contributed by atoms with van der Waals surface area (Å²) in [5.41, 5.74) is 8.48. The van der Waals surface area contributed by atoms with Gasteiger partial charge in [-0.25, -0.2) is 9.97 Å². The van der Waals surface area contributed by atoms with Crippen molar-refractivity contribution in [1.29, 1.82) is 0 Å². The summed E-state index contributed by atoms with van der Waals surface area (Å²) in [4.78, 5) is 25.9. The molecule has 0 aliphatic carbocycles. The van der Waals surface area contributed by atoms with Gasteiger partial charge in [-0.05, 0) is 45.9 Å².